The Kier molecular flexibility index (Phi) is 5.19. The summed E-state index contributed by atoms with van der Waals surface area (Å²) in [5.74, 6) is -3.06. The van der Waals surface area contributed by atoms with Crippen LogP contribution in [-0.2, 0) is 41.0 Å². The van der Waals surface area contributed by atoms with Gasteiger partial charge in [0.2, 0.25) is 0 Å². The second-order valence-electron chi connectivity index (χ2n) is 3.69. The minimum Gasteiger partial charge on any atom is -0.360 e. The molecule has 0 aliphatic rings. The second-order valence-corrected chi connectivity index (χ2v) is 8.45. The standard InChI is InChI=1S/C6H6O14S4/c7-21(8,9)5-3(19-23(13,14)15)1-2-4(20-24(16,17)18)6(5)22(10,11)12/h1-2H,(H,7,8,9)(H,10,11,12)(H,13,14,15)(H,16,17,18). The van der Waals surface area contributed by atoms with Gasteiger partial charge in [0.15, 0.2) is 21.3 Å². The Morgan fingerprint density at radius 1 is 0.583 bits per heavy atom. The van der Waals surface area contributed by atoms with E-state index in [4.69, 9.17) is 18.2 Å². The maximum atomic E-state index is 11.3. The van der Waals surface area contributed by atoms with Crippen LogP contribution >= 0.6 is 0 Å². The third-order valence-electron chi connectivity index (χ3n) is 1.95. The van der Waals surface area contributed by atoms with Gasteiger partial charge in [-0.2, -0.15) is 33.7 Å². The fourth-order valence-corrected chi connectivity index (χ4v) is 4.24. The summed E-state index contributed by atoms with van der Waals surface area (Å²) in [6, 6.07) is 0.484. The molecule has 0 radical (unpaired) electrons. The number of rotatable bonds is 6. The molecule has 0 heterocycles. The summed E-state index contributed by atoms with van der Waals surface area (Å²) in [4.78, 5) is -3.97. The van der Waals surface area contributed by atoms with Gasteiger partial charge < -0.3 is 8.37 Å². The fraction of sp³-hybridized carbons (Fsp3) is 0. The van der Waals surface area contributed by atoms with Gasteiger partial charge >= 0.3 is 20.8 Å². The number of benzene rings is 1. The van der Waals surface area contributed by atoms with Crippen LogP contribution in [-0.4, -0.2) is 51.9 Å². The highest BCUT2D eigenvalue weighted by atomic mass is 32.3. The minimum atomic E-state index is -5.69. The van der Waals surface area contributed by atoms with Gasteiger partial charge in [0.05, 0.1) is 0 Å². The van der Waals surface area contributed by atoms with E-state index in [0.29, 0.717) is 0 Å². The van der Waals surface area contributed by atoms with Crippen LogP contribution in [0.2, 0.25) is 0 Å². The van der Waals surface area contributed by atoms with E-state index in [1.165, 1.54) is 0 Å². The first kappa shape index (κ1) is 20.5. The van der Waals surface area contributed by atoms with Crippen LogP contribution in [0.5, 0.6) is 11.5 Å². The molecule has 0 aliphatic heterocycles. The first-order valence-corrected chi connectivity index (χ1v) is 10.5. The summed E-state index contributed by atoms with van der Waals surface area (Å²) in [5, 5.41) is 0. The summed E-state index contributed by atoms with van der Waals surface area (Å²) < 4.78 is 130. The van der Waals surface area contributed by atoms with Gasteiger partial charge in [-0.05, 0) is 12.1 Å². The zero-order valence-corrected chi connectivity index (χ0v) is 13.9. The van der Waals surface area contributed by atoms with E-state index in [1.807, 2.05) is 0 Å². The normalized spacial score (nSPS) is 13.5. The lowest BCUT2D eigenvalue weighted by Crippen LogP contribution is -2.17. The first-order valence-electron chi connectivity index (χ1n) is 4.87. The van der Waals surface area contributed by atoms with E-state index in [-0.39, 0.29) is 12.1 Å². The van der Waals surface area contributed by atoms with Crippen molar-refractivity contribution < 1.29 is 60.2 Å². The van der Waals surface area contributed by atoms with Gasteiger partial charge in [-0.15, -0.1) is 0 Å². The van der Waals surface area contributed by atoms with Crippen molar-refractivity contribution in [2.75, 3.05) is 0 Å². The Bertz CT molecular complexity index is 985. The lowest BCUT2D eigenvalue weighted by Gasteiger charge is -2.13. The Labute approximate surface area is 135 Å². The van der Waals surface area contributed by atoms with E-state index >= 15 is 0 Å². The van der Waals surface area contributed by atoms with Crippen molar-refractivity contribution in [2.24, 2.45) is 0 Å². The smallest absolute Gasteiger partial charge is 0.360 e. The molecule has 0 saturated heterocycles. The predicted octanol–water partition coefficient (Wildman–Crippen LogP) is -1.46. The van der Waals surface area contributed by atoms with Gasteiger partial charge in [0, 0.05) is 0 Å². The molecule has 1 rings (SSSR count). The van der Waals surface area contributed by atoms with Crippen LogP contribution in [0.25, 0.3) is 0 Å². The maximum Gasteiger partial charge on any atom is 0.446 e. The van der Waals surface area contributed by atoms with E-state index in [2.05, 4.69) is 8.37 Å². The molecule has 1 aromatic rings. The summed E-state index contributed by atoms with van der Waals surface area (Å²) in [6.07, 6.45) is 0. The van der Waals surface area contributed by atoms with E-state index < -0.39 is 62.3 Å². The van der Waals surface area contributed by atoms with Crippen molar-refractivity contribution in [1.82, 2.24) is 0 Å². The van der Waals surface area contributed by atoms with Gasteiger partial charge in [-0.3, -0.25) is 18.2 Å². The molecule has 0 aromatic heterocycles. The van der Waals surface area contributed by atoms with Crippen LogP contribution in [0.4, 0.5) is 0 Å². The van der Waals surface area contributed by atoms with Crippen LogP contribution < -0.4 is 8.37 Å². The topological polar surface area (TPSA) is 236 Å². The lowest BCUT2D eigenvalue weighted by atomic mass is 10.3. The highest BCUT2D eigenvalue weighted by Crippen LogP contribution is 2.38. The molecule has 0 atom stereocenters. The quantitative estimate of drug-likeness (QED) is 0.377. The van der Waals surface area contributed by atoms with Crippen LogP contribution in [0.3, 0.4) is 0 Å². The molecule has 0 spiro atoms. The summed E-state index contributed by atoms with van der Waals surface area (Å²) in [6.45, 7) is 0. The van der Waals surface area contributed by atoms with Gasteiger partial charge in [0.25, 0.3) is 20.2 Å². The minimum absolute atomic E-state index is 0.242. The zero-order valence-electron chi connectivity index (χ0n) is 10.7. The fourth-order valence-electron chi connectivity index (χ4n) is 1.37. The highest BCUT2D eigenvalue weighted by Gasteiger charge is 2.35. The van der Waals surface area contributed by atoms with Crippen molar-refractivity contribution >= 4 is 41.0 Å². The molecule has 0 saturated carbocycles. The van der Waals surface area contributed by atoms with Crippen molar-refractivity contribution in [2.45, 2.75) is 9.79 Å². The Balaban J connectivity index is 4.03. The molecule has 1 aromatic carbocycles. The van der Waals surface area contributed by atoms with Crippen molar-refractivity contribution in [3.63, 3.8) is 0 Å². The second kappa shape index (κ2) is 6.07. The first-order chi connectivity index (χ1) is 10.4. The maximum absolute atomic E-state index is 11.3. The molecule has 0 aliphatic carbocycles. The molecule has 138 valence electrons. The predicted molar refractivity (Wildman–Crippen MR) is 70.4 cm³/mol. The molecule has 0 amide bonds. The number of hydrogen-bond donors (Lipinski definition) is 4. The van der Waals surface area contributed by atoms with Crippen molar-refractivity contribution in [1.29, 1.82) is 0 Å². The summed E-state index contributed by atoms with van der Waals surface area (Å²) >= 11 is 0. The number of hydrogen-bond acceptors (Lipinski definition) is 10. The molecule has 24 heavy (non-hydrogen) atoms. The SMILES string of the molecule is O=S(=O)(O)Oc1ccc(OS(=O)(=O)O)c(S(=O)(=O)O)c1S(=O)(=O)O. The van der Waals surface area contributed by atoms with Crippen molar-refractivity contribution in [3.8, 4) is 11.5 Å². The van der Waals surface area contributed by atoms with Gasteiger partial charge in [0.1, 0.15) is 0 Å². The monoisotopic (exact) mass is 430 g/mol. The van der Waals surface area contributed by atoms with E-state index in [9.17, 15) is 33.7 Å². The zero-order chi connectivity index (χ0) is 19.1. The van der Waals surface area contributed by atoms with Crippen LogP contribution in [0, 0.1) is 0 Å². The Morgan fingerprint density at radius 3 is 1.00 bits per heavy atom. The molecular weight excluding hydrogens is 424 g/mol. The Hall–Kier alpha value is -1.54. The van der Waals surface area contributed by atoms with Gasteiger partial charge in [-0.1, -0.05) is 0 Å². The summed E-state index contributed by atoms with van der Waals surface area (Å²) in [5.41, 5.74) is 0. The average molecular weight is 430 g/mol. The molecule has 18 heteroatoms. The average Bonchev–Trinajstić information content (AvgIpc) is 2.23. The molecule has 4 N–H and O–H groups in total. The van der Waals surface area contributed by atoms with Crippen LogP contribution in [0.15, 0.2) is 21.9 Å². The van der Waals surface area contributed by atoms with E-state index in [1.54, 1.807) is 0 Å². The Morgan fingerprint density at radius 2 is 0.833 bits per heavy atom. The third kappa shape index (κ3) is 5.52. The highest BCUT2D eigenvalue weighted by molar-refractivity contribution is 7.89. The molecule has 0 fully saturated rings. The molecule has 14 nitrogen and oxygen atoms in total. The van der Waals surface area contributed by atoms with Gasteiger partial charge in [-0.25, -0.2) is 0 Å². The molecular formula is C6H6O14S4. The van der Waals surface area contributed by atoms with Crippen LogP contribution in [0.1, 0.15) is 0 Å². The molecule has 0 bridgehead atoms. The third-order valence-corrected chi connectivity index (χ3v) is 4.70. The van der Waals surface area contributed by atoms with E-state index in [0.717, 1.165) is 0 Å². The molecule has 0 unspecified atom stereocenters. The summed E-state index contributed by atoms with van der Waals surface area (Å²) in [7, 11) is -22.2. The van der Waals surface area contributed by atoms with Crippen molar-refractivity contribution in [3.05, 3.63) is 12.1 Å². The lowest BCUT2D eigenvalue weighted by molar-refractivity contribution is 0.368. The largest absolute Gasteiger partial charge is 0.446 e.